The number of guanidine groups is 1. The van der Waals surface area contributed by atoms with Crippen LogP contribution in [0.25, 0.3) is 0 Å². The molecule has 1 heterocycles. The molecule has 6 nitrogen and oxygen atoms in total. The lowest BCUT2D eigenvalue weighted by Gasteiger charge is -2.00. The van der Waals surface area contributed by atoms with Gasteiger partial charge in [0.05, 0.1) is 18.2 Å². The largest absolute Gasteiger partial charge is 0.293 e. The molecule has 1 unspecified atom stereocenters. The maximum absolute atomic E-state index is 13.3. The van der Waals surface area contributed by atoms with E-state index in [1.54, 1.807) is 0 Å². The quantitative estimate of drug-likeness (QED) is 0.492. The maximum atomic E-state index is 13.3. The summed E-state index contributed by atoms with van der Waals surface area (Å²) in [5.74, 6) is -2.10. The Kier molecular flexibility index (Phi) is 4.59. The number of carbonyl (C=O) groups is 2. The Balaban J connectivity index is 2.02. The van der Waals surface area contributed by atoms with E-state index >= 15 is 0 Å². The van der Waals surface area contributed by atoms with Gasteiger partial charge < -0.3 is 0 Å². The molecule has 0 bridgehead atoms. The van der Waals surface area contributed by atoms with Gasteiger partial charge in [-0.2, -0.15) is 5.10 Å². The molecule has 9 heteroatoms. The van der Waals surface area contributed by atoms with Crippen LogP contribution in [-0.2, 0) is 9.59 Å². The van der Waals surface area contributed by atoms with Crippen LogP contribution in [0.15, 0.2) is 28.3 Å². The van der Waals surface area contributed by atoms with Crippen molar-refractivity contribution in [3.63, 3.8) is 0 Å². The van der Waals surface area contributed by atoms with Gasteiger partial charge in [-0.15, -0.1) is 0 Å². The molecule has 1 atom stereocenters. The number of rotatable bonds is 4. The number of halogens is 3. The molecule has 0 spiro atoms. The van der Waals surface area contributed by atoms with Gasteiger partial charge in [0.1, 0.15) is 17.7 Å². The summed E-state index contributed by atoms with van der Waals surface area (Å²) in [6.07, 6.45) is 0.670. The van der Waals surface area contributed by atoms with Crippen LogP contribution >= 0.6 is 11.6 Å². The van der Waals surface area contributed by atoms with Crippen LogP contribution in [0.2, 0.25) is 0 Å². The van der Waals surface area contributed by atoms with Gasteiger partial charge >= 0.3 is 0 Å². The van der Waals surface area contributed by atoms with E-state index in [4.69, 9.17) is 11.6 Å². The minimum absolute atomic E-state index is 0.0316. The lowest BCUT2D eigenvalue weighted by Crippen LogP contribution is -2.35. The fourth-order valence-electron chi connectivity index (χ4n) is 1.59. The summed E-state index contributed by atoms with van der Waals surface area (Å²) >= 11 is 5.17. The fraction of sp³-hybridized carbons (Fsp3) is 0.167. The summed E-state index contributed by atoms with van der Waals surface area (Å²) in [5.41, 5.74) is 1.99. The first-order valence-corrected chi connectivity index (χ1v) is 6.15. The van der Waals surface area contributed by atoms with Crippen molar-refractivity contribution in [3.8, 4) is 0 Å². The fourth-order valence-corrected chi connectivity index (χ4v) is 1.73. The number of nitrogens with zero attached hydrogens (tertiary/aromatic N) is 2. The third kappa shape index (κ3) is 3.82. The van der Waals surface area contributed by atoms with Crippen molar-refractivity contribution in [2.24, 2.45) is 10.1 Å². The topological polar surface area (TPSA) is 82.9 Å². The predicted molar refractivity (Wildman–Crippen MR) is 71.9 cm³/mol. The van der Waals surface area contributed by atoms with Crippen molar-refractivity contribution in [1.82, 2.24) is 10.7 Å². The third-order valence-electron chi connectivity index (χ3n) is 2.55. The number of nitrogens with one attached hydrogen (secondary N) is 2. The highest BCUT2D eigenvalue weighted by molar-refractivity contribution is 6.63. The summed E-state index contributed by atoms with van der Waals surface area (Å²) in [6.45, 7) is 0. The number of hydrogen-bond donors (Lipinski definition) is 2. The van der Waals surface area contributed by atoms with E-state index in [-0.39, 0.29) is 17.9 Å². The van der Waals surface area contributed by atoms with Crippen LogP contribution in [0.5, 0.6) is 0 Å². The SMILES string of the molecule is O=C(Cl)CC1N=C(NN=Cc2c(F)cccc2F)NC1=O. The van der Waals surface area contributed by atoms with Crippen LogP contribution in [0, 0.1) is 11.6 Å². The first-order valence-electron chi connectivity index (χ1n) is 5.77. The zero-order valence-corrected chi connectivity index (χ0v) is 11.2. The van der Waals surface area contributed by atoms with Gasteiger partial charge in [-0.3, -0.25) is 14.9 Å². The lowest BCUT2D eigenvalue weighted by molar-refractivity contribution is -0.122. The molecule has 2 N–H and O–H groups in total. The number of benzene rings is 1. The Labute approximate surface area is 122 Å². The van der Waals surface area contributed by atoms with E-state index in [0.717, 1.165) is 18.3 Å². The molecule has 0 radical (unpaired) electrons. The van der Waals surface area contributed by atoms with E-state index in [2.05, 4.69) is 20.8 Å². The van der Waals surface area contributed by atoms with Gasteiger partial charge in [0.15, 0.2) is 0 Å². The zero-order chi connectivity index (χ0) is 15.4. The molecule has 1 aromatic carbocycles. The average molecular weight is 315 g/mol. The minimum atomic E-state index is -0.933. The Morgan fingerprint density at radius 2 is 2.14 bits per heavy atom. The molecule has 0 aliphatic carbocycles. The lowest BCUT2D eigenvalue weighted by atomic mass is 10.2. The Bertz CT molecular complexity index is 628. The molecule has 21 heavy (non-hydrogen) atoms. The van der Waals surface area contributed by atoms with E-state index in [1.165, 1.54) is 6.07 Å². The summed E-state index contributed by atoms with van der Waals surface area (Å²) in [7, 11) is 0. The molecule has 1 aromatic rings. The zero-order valence-electron chi connectivity index (χ0n) is 10.4. The van der Waals surface area contributed by atoms with Gasteiger partial charge in [0, 0.05) is 0 Å². The maximum Gasteiger partial charge on any atom is 0.252 e. The number of carbonyl (C=O) groups excluding carboxylic acids is 2. The van der Waals surface area contributed by atoms with E-state index < -0.39 is 28.8 Å². The van der Waals surface area contributed by atoms with E-state index in [0.29, 0.717) is 0 Å². The molecule has 0 fully saturated rings. The highest BCUT2D eigenvalue weighted by Gasteiger charge is 2.27. The molecule has 110 valence electrons. The molecule has 1 aliphatic rings. The van der Waals surface area contributed by atoms with Crippen molar-refractivity contribution in [3.05, 3.63) is 35.4 Å². The second-order valence-corrected chi connectivity index (χ2v) is 4.47. The molecular formula is C12H9ClF2N4O2. The smallest absolute Gasteiger partial charge is 0.252 e. The summed E-state index contributed by atoms with van der Waals surface area (Å²) < 4.78 is 26.6. The molecule has 2 rings (SSSR count). The molecule has 0 aromatic heterocycles. The minimum Gasteiger partial charge on any atom is -0.293 e. The Morgan fingerprint density at radius 1 is 1.48 bits per heavy atom. The number of hydrogen-bond acceptors (Lipinski definition) is 5. The number of hydrazone groups is 1. The van der Waals surface area contributed by atoms with Crippen molar-refractivity contribution >= 4 is 34.9 Å². The molecule has 0 saturated heterocycles. The summed E-state index contributed by atoms with van der Waals surface area (Å²) in [5, 5.41) is 5.19. The Hall–Kier alpha value is -2.35. The van der Waals surface area contributed by atoms with E-state index in [9.17, 15) is 18.4 Å². The third-order valence-corrected chi connectivity index (χ3v) is 2.70. The second-order valence-electron chi connectivity index (χ2n) is 4.05. The monoisotopic (exact) mass is 314 g/mol. The van der Waals surface area contributed by atoms with Gasteiger partial charge in [0.2, 0.25) is 11.2 Å². The first-order chi connectivity index (χ1) is 9.97. The van der Waals surface area contributed by atoms with Gasteiger partial charge in [-0.1, -0.05) is 6.07 Å². The van der Waals surface area contributed by atoms with Crippen LogP contribution < -0.4 is 10.7 Å². The van der Waals surface area contributed by atoms with Crippen LogP contribution in [0.3, 0.4) is 0 Å². The number of amides is 1. The van der Waals surface area contributed by atoms with Crippen LogP contribution in [0.4, 0.5) is 8.78 Å². The van der Waals surface area contributed by atoms with Crippen molar-refractivity contribution < 1.29 is 18.4 Å². The second kappa shape index (κ2) is 6.40. The van der Waals surface area contributed by atoms with Crippen LogP contribution in [-0.4, -0.2) is 29.4 Å². The molecule has 1 amide bonds. The normalized spacial score (nSPS) is 17.8. The first kappa shape index (κ1) is 15.0. The molecule has 1 aliphatic heterocycles. The van der Waals surface area contributed by atoms with Gasteiger partial charge in [-0.25, -0.2) is 19.2 Å². The van der Waals surface area contributed by atoms with Crippen molar-refractivity contribution in [2.75, 3.05) is 0 Å². The predicted octanol–water partition coefficient (Wildman–Crippen LogP) is 0.898. The summed E-state index contributed by atoms with van der Waals surface area (Å²) in [6, 6.07) is 2.46. The van der Waals surface area contributed by atoms with Gasteiger partial charge in [-0.05, 0) is 23.7 Å². The molecular weight excluding hydrogens is 306 g/mol. The number of aliphatic imine (C=N–C) groups is 1. The highest BCUT2D eigenvalue weighted by Crippen LogP contribution is 2.09. The Morgan fingerprint density at radius 3 is 2.76 bits per heavy atom. The van der Waals surface area contributed by atoms with Gasteiger partial charge in [0.25, 0.3) is 5.91 Å². The van der Waals surface area contributed by atoms with Crippen molar-refractivity contribution in [1.29, 1.82) is 0 Å². The van der Waals surface area contributed by atoms with Crippen LogP contribution in [0.1, 0.15) is 12.0 Å². The summed E-state index contributed by atoms with van der Waals surface area (Å²) in [4.78, 5) is 25.9. The molecule has 0 saturated carbocycles. The standard InChI is InChI=1S/C12H9ClF2N4O2/c13-10(20)4-9-11(21)18-12(17-9)19-16-5-6-7(14)2-1-3-8(6)15/h1-3,5,9H,4H2,(H2,17,18,19,21). The van der Waals surface area contributed by atoms with E-state index in [1.807, 2.05) is 0 Å². The highest BCUT2D eigenvalue weighted by atomic mass is 35.5. The average Bonchev–Trinajstić information content (AvgIpc) is 2.73. The van der Waals surface area contributed by atoms with Crippen molar-refractivity contribution in [2.45, 2.75) is 12.5 Å².